The maximum absolute atomic E-state index is 5.72. The fourth-order valence-electron chi connectivity index (χ4n) is 3.96. The fraction of sp³-hybridized carbons (Fsp3) is 0.273. The van der Waals surface area contributed by atoms with Gasteiger partial charge >= 0.3 is 0 Å². The molecule has 1 aromatic carbocycles. The second-order valence-electron chi connectivity index (χ2n) is 7.20. The minimum absolute atomic E-state index is 0.0119. The summed E-state index contributed by atoms with van der Waals surface area (Å²) in [6.07, 6.45) is 1.84. The van der Waals surface area contributed by atoms with Crippen LogP contribution in [0.4, 0.5) is 0 Å². The molecule has 4 nitrogen and oxygen atoms in total. The van der Waals surface area contributed by atoms with Crippen LogP contribution >= 0.6 is 12.2 Å². The summed E-state index contributed by atoms with van der Waals surface area (Å²) in [4.78, 5) is 6.91. The molecule has 2 atom stereocenters. The smallest absolute Gasteiger partial charge is 0.170 e. The van der Waals surface area contributed by atoms with Crippen molar-refractivity contribution >= 4 is 17.3 Å². The third-order valence-electron chi connectivity index (χ3n) is 5.12. The Hall–Kier alpha value is -2.66. The topological polar surface area (TPSA) is 33.1 Å². The van der Waals surface area contributed by atoms with E-state index in [1.54, 1.807) is 0 Å². The van der Waals surface area contributed by atoms with Gasteiger partial charge in [0.05, 0.1) is 17.8 Å². The van der Waals surface area contributed by atoms with Gasteiger partial charge in [-0.05, 0) is 69.4 Å². The van der Waals surface area contributed by atoms with E-state index in [9.17, 15) is 0 Å². The molecule has 3 aromatic rings. The summed E-state index contributed by atoms with van der Waals surface area (Å²) in [6.45, 7) is 6.52. The first-order valence-corrected chi connectivity index (χ1v) is 9.72. The molecule has 1 fully saturated rings. The van der Waals surface area contributed by atoms with Crippen LogP contribution in [-0.2, 0) is 0 Å². The van der Waals surface area contributed by atoms with Gasteiger partial charge in [0.25, 0.3) is 0 Å². The third-order valence-corrected chi connectivity index (χ3v) is 5.44. The fourth-order valence-corrected chi connectivity index (χ4v) is 4.41. The maximum atomic E-state index is 5.72. The van der Waals surface area contributed by atoms with E-state index in [4.69, 9.17) is 12.2 Å². The average Bonchev–Trinajstić information content (AvgIpc) is 3.22. The van der Waals surface area contributed by atoms with Crippen LogP contribution in [0.2, 0.25) is 0 Å². The Morgan fingerprint density at radius 1 is 1.00 bits per heavy atom. The molecule has 0 amide bonds. The van der Waals surface area contributed by atoms with Gasteiger partial charge in [-0.15, -0.1) is 0 Å². The minimum atomic E-state index is 0.0119. The van der Waals surface area contributed by atoms with Crippen molar-refractivity contribution in [2.45, 2.75) is 38.9 Å². The average molecular weight is 377 g/mol. The number of benzene rings is 1. The Balaban J connectivity index is 1.88. The van der Waals surface area contributed by atoms with E-state index >= 15 is 0 Å². The van der Waals surface area contributed by atoms with Gasteiger partial charge in [-0.3, -0.25) is 4.98 Å². The van der Waals surface area contributed by atoms with Crippen LogP contribution in [0.3, 0.4) is 0 Å². The number of hydrogen-bond donors (Lipinski definition) is 1. The standard InChI is InChI=1S/C22H24N4S/c1-15(2)25-21(20(24-22(25)27)18-11-7-8-14-23-18)19-13-12-16(3)26(19)17-9-5-4-6-10-17/h4-15,20-21H,1-3H3,(H,24,27). The van der Waals surface area contributed by atoms with Gasteiger partial charge in [0.1, 0.15) is 0 Å². The number of nitrogens with zero attached hydrogens (tertiary/aromatic N) is 3. The molecule has 1 N–H and O–H groups in total. The molecule has 3 heterocycles. The molecule has 0 saturated carbocycles. The summed E-state index contributed by atoms with van der Waals surface area (Å²) in [5.74, 6) is 0. The van der Waals surface area contributed by atoms with Gasteiger partial charge in [0.2, 0.25) is 0 Å². The first-order chi connectivity index (χ1) is 13.1. The highest BCUT2D eigenvalue weighted by Crippen LogP contribution is 2.41. The van der Waals surface area contributed by atoms with Crippen LogP contribution in [-0.4, -0.2) is 25.6 Å². The molecule has 2 aromatic heterocycles. The van der Waals surface area contributed by atoms with Gasteiger partial charge in [-0.2, -0.15) is 0 Å². The Kier molecular flexibility index (Phi) is 4.70. The summed E-state index contributed by atoms with van der Waals surface area (Å²) in [5, 5.41) is 4.30. The molecule has 27 heavy (non-hydrogen) atoms. The third kappa shape index (κ3) is 3.12. The highest BCUT2D eigenvalue weighted by atomic mass is 32.1. The van der Waals surface area contributed by atoms with E-state index in [0.29, 0.717) is 0 Å². The zero-order valence-corrected chi connectivity index (χ0v) is 16.6. The van der Waals surface area contributed by atoms with Crippen LogP contribution < -0.4 is 5.32 Å². The number of rotatable bonds is 4. The summed E-state index contributed by atoms with van der Waals surface area (Å²) in [7, 11) is 0. The van der Waals surface area contributed by atoms with Crippen molar-refractivity contribution in [1.82, 2.24) is 19.8 Å². The Labute approximate surface area is 165 Å². The highest BCUT2D eigenvalue weighted by Gasteiger charge is 2.42. The van der Waals surface area contributed by atoms with Crippen molar-refractivity contribution in [3.63, 3.8) is 0 Å². The largest absolute Gasteiger partial charge is 0.352 e. The van der Waals surface area contributed by atoms with E-state index in [2.05, 4.69) is 83.0 Å². The molecule has 1 saturated heterocycles. The zero-order chi connectivity index (χ0) is 19.0. The van der Waals surface area contributed by atoms with Crippen LogP contribution in [0.25, 0.3) is 5.69 Å². The second-order valence-corrected chi connectivity index (χ2v) is 7.58. The predicted octanol–water partition coefficient (Wildman–Crippen LogP) is 4.56. The second kappa shape index (κ2) is 7.16. The maximum Gasteiger partial charge on any atom is 0.170 e. The van der Waals surface area contributed by atoms with E-state index in [1.807, 2.05) is 24.4 Å². The number of para-hydroxylation sites is 1. The first-order valence-electron chi connectivity index (χ1n) is 9.31. The van der Waals surface area contributed by atoms with Gasteiger partial charge in [-0.25, -0.2) is 0 Å². The van der Waals surface area contributed by atoms with Crippen molar-refractivity contribution in [3.05, 3.63) is 83.9 Å². The lowest BCUT2D eigenvalue weighted by atomic mass is 10.0. The highest BCUT2D eigenvalue weighted by molar-refractivity contribution is 7.80. The van der Waals surface area contributed by atoms with Gasteiger partial charge in [0, 0.05) is 29.3 Å². The number of aryl methyl sites for hydroxylation is 1. The molecule has 0 aliphatic carbocycles. The summed E-state index contributed by atoms with van der Waals surface area (Å²) in [5.41, 5.74) is 4.59. The molecule has 138 valence electrons. The molecule has 0 radical (unpaired) electrons. The van der Waals surface area contributed by atoms with Gasteiger partial charge < -0.3 is 14.8 Å². The Morgan fingerprint density at radius 2 is 1.74 bits per heavy atom. The monoisotopic (exact) mass is 376 g/mol. The van der Waals surface area contributed by atoms with Crippen molar-refractivity contribution in [2.75, 3.05) is 0 Å². The molecule has 1 aliphatic rings. The quantitative estimate of drug-likeness (QED) is 0.677. The van der Waals surface area contributed by atoms with Gasteiger partial charge in [-0.1, -0.05) is 24.3 Å². The van der Waals surface area contributed by atoms with Crippen LogP contribution in [0, 0.1) is 6.92 Å². The summed E-state index contributed by atoms with van der Waals surface area (Å²) in [6, 6.07) is 21.3. The number of hydrogen-bond acceptors (Lipinski definition) is 2. The van der Waals surface area contributed by atoms with Crippen molar-refractivity contribution in [2.24, 2.45) is 0 Å². The number of thiocarbonyl (C=S) groups is 1. The molecule has 4 rings (SSSR count). The molecule has 0 spiro atoms. The predicted molar refractivity (Wildman–Crippen MR) is 113 cm³/mol. The molecule has 0 bridgehead atoms. The molecule has 2 unspecified atom stereocenters. The zero-order valence-electron chi connectivity index (χ0n) is 15.8. The van der Waals surface area contributed by atoms with Crippen molar-refractivity contribution in [1.29, 1.82) is 0 Å². The van der Waals surface area contributed by atoms with Crippen LogP contribution in [0.5, 0.6) is 0 Å². The molecule has 1 aliphatic heterocycles. The van der Waals surface area contributed by atoms with E-state index in [1.165, 1.54) is 11.4 Å². The van der Waals surface area contributed by atoms with Gasteiger partial charge in [0.15, 0.2) is 5.11 Å². The summed E-state index contributed by atoms with van der Waals surface area (Å²) < 4.78 is 2.33. The number of pyridine rings is 1. The van der Waals surface area contributed by atoms with Crippen LogP contribution in [0.1, 0.15) is 43.0 Å². The van der Waals surface area contributed by atoms with E-state index in [-0.39, 0.29) is 18.1 Å². The lowest BCUT2D eigenvalue weighted by Crippen LogP contribution is -2.36. The first kappa shape index (κ1) is 17.7. The van der Waals surface area contributed by atoms with Crippen molar-refractivity contribution < 1.29 is 0 Å². The Bertz CT molecular complexity index is 933. The van der Waals surface area contributed by atoms with Crippen molar-refractivity contribution in [3.8, 4) is 5.69 Å². The molecular weight excluding hydrogens is 352 g/mol. The van der Waals surface area contributed by atoms with E-state index in [0.717, 1.165) is 16.5 Å². The lowest BCUT2D eigenvalue weighted by molar-refractivity contribution is 0.262. The molecule has 5 heteroatoms. The number of nitrogens with one attached hydrogen (secondary N) is 1. The summed E-state index contributed by atoms with van der Waals surface area (Å²) >= 11 is 5.72. The number of aromatic nitrogens is 2. The Morgan fingerprint density at radius 3 is 2.41 bits per heavy atom. The SMILES string of the molecule is Cc1ccc(C2C(c3ccccn3)NC(=S)N2C(C)C)n1-c1ccccc1. The van der Waals surface area contributed by atoms with E-state index < -0.39 is 0 Å². The lowest BCUT2D eigenvalue weighted by Gasteiger charge is -2.32. The molecular formula is C22H24N4S. The minimum Gasteiger partial charge on any atom is -0.352 e. The van der Waals surface area contributed by atoms with Crippen LogP contribution in [0.15, 0.2) is 66.9 Å². The normalized spacial score (nSPS) is 19.6.